The Hall–Kier alpha value is -2.27. The normalized spacial score (nSPS) is 10.5. The predicted octanol–water partition coefficient (Wildman–Crippen LogP) is 8.12. The van der Waals surface area contributed by atoms with E-state index < -0.39 is 0 Å². The maximum Gasteiger partial charge on any atom is 0.137 e. The van der Waals surface area contributed by atoms with E-state index in [2.05, 4.69) is 54.9 Å². The molecule has 2 nitrogen and oxygen atoms in total. The lowest BCUT2D eigenvalue weighted by molar-refractivity contribution is 0.303. The van der Waals surface area contributed by atoms with E-state index in [-0.39, 0.29) is 0 Å². The van der Waals surface area contributed by atoms with Crippen LogP contribution in [0.5, 0.6) is 5.75 Å². The van der Waals surface area contributed by atoms with E-state index in [4.69, 9.17) is 4.74 Å². The lowest BCUT2D eigenvalue weighted by Crippen LogP contribution is -1.98. The number of aryl methyl sites for hydroxylation is 1. The summed E-state index contributed by atoms with van der Waals surface area (Å²) < 4.78 is 5.79. The molecule has 168 valence electrons. The van der Waals surface area contributed by atoms with E-state index in [1.54, 1.807) is 6.20 Å². The summed E-state index contributed by atoms with van der Waals surface area (Å²) in [6.45, 7) is 5.28. The first-order valence-electron chi connectivity index (χ1n) is 12.5. The summed E-state index contributed by atoms with van der Waals surface area (Å²) in [6.07, 6.45) is 18.7. The van der Waals surface area contributed by atoms with Crippen molar-refractivity contribution in [1.82, 2.24) is 4.98 Å². The largest absolute Gasteiger partial charge is 0.492 e. The summed E-state index contributed by atoms with van der Waals surface area (Å²) in [5, 5.41) is 0. The first-order chi connectivity index (χ1) is 15.3. The molecule has 0 saturated carbocycles. The number of nitrogens with zero attached hydrogens (tertiary/aromatic N) is 1. The molecule has 1 aromatic heterocycles. The molecule has 2 rings (SSSR count). The third-order valence-corrected chi connectivity index (χ3v) is 5.61. The highest BCUT2D eigenvalue weighted by atomic mass is 16.5. The van der Waals surface area contributed by atoms with E-state index in [1.165, 1.54) is 82.6 Å². The van der Waals surface area contributed by atoms with Crippen molar-refractivity contribution in [2.24, 2.45) is 0 Å². The summed E-state index contributed by atoms with van der Waals surface area (Å²) in [7, 11) is 0. The van der Waals surface area contributed by atoms with Crippen molar-refractivity contribution in [1.29, 1.82) is 0 Å². The zero-order chi connectivity index (χ0) is 22.0. The van der Waals surface area contributed by atoms with Crippen LogP contribution < -0.4 is 4.74 Å². The Morgan fingerprint density at radius 1 is 0.677 bits per heavy atom. The monoisotopic (exact) mass is 419 g/mol. The molecule has 0 N–H and O–H groups in total. The van der Waals surface area contributed by atoms with Gasteiger partial charge in [-0.25, -0.2) is 4.98 Å². The van der Waals surface area contributed by atoms with Gasteiger partial charge in [0, 0.05) is 5.56 Å². The minimum atomic E-state index is 0.768. The van der Waals surface area contributed by atoms with E-state index in [1.807, 2.05) is 12.1 Å². The molecule has 0 aliphatic carbocycles. The van der Waals surface area contributed by atoms with Crippen molar-refractivity contribution in [2.45, 2.75) is 97.3 Å². The number of unbranched alkanes of at least 4 members (excludes halogenated alkanes) is 10. The van der Waals surface area contributed by atoms with Crippen LogP contribution in [0.15, 0.2) is 42.6 Å². The van der Waals surface area contributed by atoms with Crippen LogP contribution in [0.4, 0.5) is 0 Å². The minimum Gasteiger partial charge on any atom is -0.492 e. The van der Waals surface area contributed by atoms with Crippen molar-refractivity contribution in [3.05, 3.63) is 59.4 Å². The van der Waals surface area contributed by atoms with Crippen LogP contribution in [0.1, 0.15) is 108 Å². The molecule has 2 heteroatoms. The molecule has 1 heterocycles. The van der Waals surface area contributed by atoms with Crippen LogP contribution in [0, 0.1) is 11.8 Å². The Labute approximate surface area is 190 Å². The lowest BCUT2D eigenvalue weighted by Gasteiger charge is -2.05. The van der Waals surface area contributed by atoms with Gasteiger partial charge in [-0.2, -0.15) is 0 Å². The molecule has 0 radical (unpaired) electrons. The average Bonchev–Trinajstić information content (AvgIpc) is 2.81. The number of ether oxygens (including phenoxy) is 1. The van der Waals surface area contributed by atoms with Crippen LogP contribution in [-0.2, 0) is 6.42 Å². The molecule has 0 amide bonds. The standard InChI is InChI=1S/C29H41NO/c1-3-5-7-9-11-13-15-26-16-18-27(19-17-26)20-21-28-22-23-29(25-30-28)31-24-14-12-10-8-6-4-2/h16-19,22-23,25H,3-15,24H2,1-2H3. The highest BCUT2D eigenvalue weighted by Crippen LogP contribution is 2.12. The Kier molecular flexibility index (Phi) is 13.2. The van der Waals surface area contributed by atoms with Gasteiger partial charge in [0.05, 0.1) is 12.8 Å². The molecule has 0 atom stereocenters. The van der Waals surface area contributed by atoms with Gasteiger partial charge in [-0.05, 0) is 55.0 Å². The summed E-state index contributed by atoms with van der Waals surface area (Å²) >= 11 is 0. The number of hydrogen-bond donors (Lipinski definition) is 0. The smallest absolute Gasteiger partial charge is 0.137 e. The van der Waals surface area contributed by atoms with Gasteiger partial charge in [-0.1, -0.05) is 96.1 Å². The summed E-state index contributed by atoms with van der Waals surface area (Å²) in [5.74, 6) is 7.21. The van der Waals surface area contributed by atoms with Crippen LogP contribution in [-0.4, -0.2) is 11.6 Å². The molecule has 0 bridgehead atoms. The van der Waals surface area contributed by atoms with Gasteiger partial charge in [-0.15, -0.1) is 0 Å². The summed E-state index contributed by atoms with van der Waals surface area (Å²) in [6, 6.07) is 12.6. The number of pyridine rings is 1. The van der Waals surface area contributed by atoms with Gasteiger partial charge in [0.15, 0.2) is 0 Å². The van der Waals surface area contributed by atoms with E-state index in [0.717, 1.165) is 30.0 Å². The third kappa shape index (κ3) is 11.6. The second-order valence-electron chi connectivity index (χ2n) is 8.46. The fourth-order valence-electron chi connectivity index (χ4n) is 3.61. The number of benzene rings is 1. The average molecular weight is 420 g/mol. The van der Waals surface area contributed by atoms with Crippen LogP contribution in [0.3, 0.4) is 0 Å². The highest BCUT2D eigenvalue weighted by molar-refractivity contribution is 5.41. The SMILES string of the molecule is CCCCCCCCOc1ccc(C#Cc2ccc(CCCCCCCC)cc2)nc1. The van der Waals surface area contributed by atoms with Crippen molar-refractivity contribution in [3.63, 3.8) is 0 Å². The molecule has 31 heavy (non-hydrogen) atoms. The Bertz CT molecular complexity index is 752. The molecule has 1 aromatic carbocycles. The van der Waals surface area contributed by atoms with Gasteiger partial charge in [0.2, 0.25) is 0 Å². The number of hydrogen-bond acceptors (Lipinski definition) is 2. The Morgan fingerprint density at radius 2 is 1.32 bits per heavy atom. The topological polar surface area (TPSA) is 22.1 Å². The zero-order valence-electron chi connectivity index (χ0n) is 19.8. The molecule has 0 aliphatic rings. The third-order valence-electron chi connectivity index (χ3n) is 5.61. The van der Waals surface area contributed by atoms with Crippen LogP contribution in [0.2, 0.25) is 0 Å². The molecule has 0 aliphatic heterocycles. The number of rotatable bonds is 15. The second-order valence-corrected chi connectivity index (χ2v) is 8.46. The Balaban J connectivity index is 1.68. The summed E-state index contributed by atoms with van der Waals surface area (Å²) in [4.78, 5) is 4.42. The lowest BCUT2D eigenvalue weighted by atomic mass is 10.0. The predicted molar refractivity (Wildman–Crippen MR) is 133 cm³/mol. The fraction of sp³-hybridized carbons (Fsp3) is 0.552. The van der Waals surface area contributed by atoms with Gasteiger partial charge in [0.25, 0.3) is 0 Å². The maximum atomic E-state index is 5.79. The minimum absolute atomic E-state index is 0.768. The Morgan fingerprint density at radius 3 is 1.97 bits per heavy atom. The summed E-state index contributed by atoms with van der Waals surface area (Å²) in [5.41, 5.74) is 3.23. The van der Waals surface area contributed by atoms with Gasteiger partial charge in [0.1, 0.15) is 11.4 Å². The van der Waals surface area contributed by atoms with E-state index in [9.17, 15) is 0 Å². The molecule has 0 saturated heterocycles. The molecular formula is C29H41NO. The van der Waals surface area contributed by atoms with Crippen molar-refractivity contribution >= 4 is 0 Å². The second kappa shape index (κ2) is 16.4. The molecule has 0 unspecified atom stereocenters. The van der Waals surface area contributed by atoms with Gasteiger partial charge < -0.3 is 4.74 Å². The number of aromatic nitrogens is 1. The van der Waals surface area contributed by atoms with Crippen LogP contribution >= 0.6 is 0 Å². The fourth-order valence-corrected chi connectivity index (χ4v) is 3.61. The quantitative estimate of drug-likeness (QED) is 0.215. The van der Waals surface area contributed by atoms with Gasteiger partial charge >= 0.3 is 0 Å². The first-order valence-corrected chi connectivity index (χ1v) is 12.5. The zero-order valence-corrected chi connectivity index (χ0v) is 19.8. The van der Waals surface area contributed by atoms with Crippen molar-refractivity contribution in [2.75, 3.05) is 6.61 Å². The molecule has 0 spiro atoms. The first kappa shape index (κ1) is 25.0. The molecule has 0 fully saturated rings. The van der Waals surface area contributed by atoms with Crippen molar-refractivity contribution < 1.29 is 4.74 Å². The molecular weight excluding hydrogens is 378 g/mol. The maximum absolute atomic E-state index is 5.79. The highest BCUT2D eigenvalue weighted by Gasteiger charge is 1.97. The van der Waals surface area contributed by atoms with Gasteiger partial charge in [-0.3, -0.25) is 0 Å². The van der Waals surface area contributed by atoms with Crippen LogP contribution in [0.25, 0.3) is 0 Å². The van der Waals surface area contributed by atoms with E-state index >= 15 is 0 Å². The molecule has 2 aromatic rings. The van der Waals surface area contributed by atoms with Crippen molar-refractivity contribution in [3.8, 4) is 17.6 Å². The van der Waals surface area contributed by atoms with E-state index in [0.29, 0.717) is 0 Å².